The third kappa shape index (κ3) is 4.97. The van der Waals surface area contributed by atoms with Gasteiger partial charge in [-0.1, -0.05) is 13.0 Å². The molecule has 118 valence electrons. The van der Waals surface area contributed by atoms with Gasteiger partial charge >= 0.3 is 0 Å². The molecule has 1 N–H and O–H groups in total. The summed E-state index contributed by atoms with van der Waals surface area (Å²) in [4.78, 5) is 2.46. The standard InChI is InChI=1S/C17H27FN2O/c1-3-19-14(2)16-8-7-15(13-17(16)18)21-12-6-11-20-9-4-5-10-20/h7-8,13-14,19H,3-6,9-12H2,1-2H3. The van der Waals surface area contributed by atoms with Crippen molar-refractivity contribution in [3.05, 3.63) is 29.6 Å². The lowest BCUT2D eigenvalue weighted by molar-refractivity contribution is 0.262. The maximum atomic E-state index is 14.1. The van der Waals surface area contributed by atoms with Gasteiger partial charge in [-0.05, 0) is 51.9 Å². The van der Waals surface area contributed by atoms with Crippen LogP contribution in [0.1, 0.15) is 44.7 Å². The maximum Gasteiger partial charge on any atom is 0.131 e. The van der Waals surface area contributed by atoms with Crippen LogP contribution >= 0.6 is 0 Å². The highest BCUT2D eigenvalue weighted by Crippen LogP contribution is 2.22. The largest absolute Gasteiger partial charge is 0.493 e. The SMILES string of the molecule is CCNC(C)c1ccc(OCCCN2CCCC2)cc1F. The molecule has 0 aromatic heterocycles. The molecule has 1 unspecified atom stereocenters. The van der Waals surface area contributed by atoms with E-state index < -0.39 is 0 Å². The summed E-state index contributed by atoms with van der Waals surface area (Å²) in [5, 5.41) is 3.22. The van der Waals surface area contributed by atoms with Gasteiger partial charge in [0, 0.05) is 24.2 Å². The molecule has 1 saturated heterocycles. The lowest BCUT2D eigenvalue weighted by Crippen LogP contribution is -2.22. The van der Waals surface area contributed by atoms with Gasteiger partial charge in [0.25, 0.3) is 0 Å². The second-order valence-corrected chi connectivity index (χ2v) is 5.71. The summed E-state index contributed by atoms with van der Waals surface area (Å²) in [6, 6.07) is 5.21. The molecule has 0 saturated carbocycles. The predicted molar refractivity (Wildman–Crippen MR) is 84.3 cm³/mol. The molecule has 0 radical (unpaired) electrons. The third-order valence-electron chi connectivity index (χ3n) is 4.03. The smallest absolute Gasteiger partial charge is 0.131 e. The van der Waals surface area contributed by atoms with Gasteiger partial charge in [0.1, 0.15) is 11.6 Å². The molecule has 1 heterocycles. The van der Waals surface area contributed by atoms with E-state index in [4.69, 9.17) is 4.74 Å². The van der Waals surface area contributed by atoms with E-state index in [1.54, 1.807) is 0 Å². The number of likely N-dealkylation sites (tertiary alicyclic amines) is 1. The van der Waals surface area contributed by atoms with Crippen molar-refractivity contribution in [2.75, 3.05) is 32.8 Å². The van der Waals surface area contributed by atoms with E-state index in [9.17, 15) is 4.39 Å². The van der Waals surface area contributed by atoms with E-state index in [1.807, 2.05) is 26.0 Å². The zero-order valence-electron chi connectivity index (χ0n) is 13.2. The number of halogens is 1. The van der Waals surface area contributed by atoms with E-state index in [0.717, 1.165) is 19.5 Å². The lowest BCUT2D eigenvalue weighted by atomic mass is 10.1. The van der Waals surface area contributed by atoms with Gasteiger partial charge < -0.3 is 15.0 Å². The number of nitrogens with one attached hydrogen (secondary N) is 1. The van der Waals surface area contributed by atoms with Crippen molar-refractivity contribution >= 4 is 0 Å². The number of rotatable bonds is 8. The lowest BCUT2D eigenvalue weighted by Gasteiger charge is -2.16. The zero-order chi connectivity index (χ0) is 15.1. The summed E-state index contributed by atoms with van der Waals surface area (Å²) < 4.78 is 19.7. The molecule has 1 aliphatic rings. The number of hydrogen-bond acceptors (Lipinski definition) is 3. The molecule has 1 atom stereocenters. The first-order valence-corrected chi connectivity index (χ1v) is 8.08. The Kier molecular flexibility index (Phi) is 6.46. The molecular formula is C17H27FN2O. The van der Waals surface area contributed by atoms with Crippen LogP contribution in [0.2, 0.25) is 0 Å². The number of nitrogens with zero attached hydrogens (tertiary/aromatic N) is 1. The number of ether oxygens (including phenoxy) is 1. The predicted octanol–water partition coefficient (Wildman–Crippen LogP) is 3.36. The van der Waals surface area contributed by atoms with Gasteiger partial charge in [-0.15, -0.1) is 0 Å². The molecule has 1 aromatic rings. The molecule has 4 heteroatoms. The second kappa shape index (κ2) is 8.35. The summed E-state index contributed by atoms with van der Waals surface area (Å²) in [5.41, 5.74) is 0.696. The highest BCUT2D eigenvalue weighted by Gasteiger charge is 2.12. The molecule has 21 heavy (non-hydrogen) atoms. The first kappa shape index (κ1) is 16.2. The van der Waals surface area contributed by atoms with E-state index in [0.29, 0.717) is 17.9 Å². The van der Waals surface area contributed by atoms with Crippen LogP contribution in [0.3, 0.4) is 0 Å². The van der Waals surface area contributed by atoms with Crippen molar-refractivity contribution in [1.29, 1.82) is 0 Å². The van der Waals surface area contributed by atoms with Crippen LogP contribution in [0.25, 0.3) is 0 Å². The van der Waals surface area contributed by atoms with Crippen LogP contribution in [0.15, 0.2) is 18.2 Å². The molecule has 1 fully saturated rings. The summed E-state index contributed by atoms with van der Waals surface area (Å²) in [6.07, 6.45) is 3.63. The average Bonchev–Trinajstić information content (AvgIpc) is 2.97. The Bertz CT molecular complexity index is 433. The molecular weight excluding hydrogens is 267 g/mol. The van der Waals surface area contributed by atoms with Gasteiger partial charge in [0.2, 0.25) is 0 Å². The van der Waals surface area contributed by atoms with Gasteiger partial charge in [0.05, 0.1) is 6.61 Å². The van der Waals surface area contributed by atoms with Gasteiger partial charge in [-0.3, -0.25) is 0 Å². The van der Waals surface area contributed by atoms with Crippen molar-refractivity contribution in [1.82, 2.24) is 10.2 Å². The Hall–Kier alpha value is -1.13. The van der Waals surface area contributed by atoms with Crippen molar-refractivity contribution in [3.63, 3.8) is 0 Å². The minimum Gasteiger partial charge on any atom is -0.493 e. The first-order chi connectivity index (χ1) is 10.2. The molecule has 0 aliphatic carbocycles. The Morgan fingerprint density at radius 3 is 2.76 bits per heavy atom. The van der Waals surface area contributed by atoms with E-state index >= 15 is 0 Å². The molecule has 0 bridgehead atoms. The zero-order valence-corrected chi connectivity index (χ0v) is 13.2. The monoisotopic (exact) mass is 294 g/mol. The van der Waals surface area contributed by atoms with Crippen LogP contribution < -0.4 is 10.1 Å². The Balaban J connectivity index is 1.77. The number of benzene rings is 1. The normalized spacial score (nSPS) is 17.1. The Morgan fingerprint density at radius 1 is 1.33 bits per heavy atom. The van der Waals surface area contributed by atoms with Crippen molar-refractivity contribution in [3.8, 4) is 5.75 Å². The molecule has 1 aromatic carbocycles. The van der Waals surface area contributed by atoms with Crippen LogP contribution in [-0.4, -0.2) is 37.7 Å². The number of hydrogen-bond donors (Lipinski definition) is 1. The first-order valence-electron chi connectivity index (χ1n) is 8.08. The molecule has 1 aliphatic heterocycles. The van der Waals surface area contributed by atoms with Crippen LogP contribution in [0.4, 0.5) is 4.39 Å². The fraction of sp³-hybridized carbons (Fsp3) is 0.647. The van der Waals surface area contributed by atoms with Gasteiger partial charge in [-0.25, -0.2) is 4.39 Å². The average molecular weight is 294 g/mol. The topological polar surface area (TPSA) is 24.5 Å². The second-order valence-electron chi connectivity index (χ2n) is 5.71. The summed E-state index contributed by atoms with van der Waals surface area (Å²) >= 11 is 0. The Morgan fingerprint density at radius 2 is 2.10 bits per heavy atom. The fourth-order valence-electron chi connectivity index (χ4n) is 2.85. The third-order valence-corrected chi connectivity index (χ3v) is 4.03. The van der Waals surface area contributed by atoms with Crippen LogP contribution in [0, 0.1) is 5.82 Å². The molecule has 0 amide bonds. The quantitative estimate of drug-likeness (QED) is 0.744. The molecule has 3 nitrogen and oxygen atoms in total. The minimum absolute atomic E-state index is 0.0271. The summed E-state index contributed by atoms with van der Waals surface area (Å²) in [7, 11) is 0. The maximum absolute atomic E-state index is 14.1. The van der Waals surface area contributed by atoms with Gasteiger partial charge in [0.15, 0.2) is 0 Å². The van der Waals surface area contributed by atoms with Crippen LogP contribution in [0.5, 0.6) is 5.75 Å². The highest BCUT2D eigenvalue weighted by atomic mass is 19.1. The Labute approximate surface area is 127 Å². The summed E-state index contributed by atoms with van der Waals surface area (Å²) in [5.74, 6) is 0.432. The van der Waals surface area contributed by atoms with Crippen molar-refractivity contribution < 1.29 is 9.13 Å². The van der Waals surface area contributed by atoms with Crippen molar-refractivity contribution in [2.45, 2.75) is 39.2 Å². The summed E-state index contributed by atoms with van der Waals surface area (Å²) in [6.45, 7) is 8.98. The highest BCUT2D eigenvalue weighted by molar-refractivity contribution is 5.30. The molecule has 2 rings (SSSR count). The van der Waals surface area contributed by atoms with Crippen molar-refractivity contribution in [2.24, 2.45) is 0 Å². The minimum atomic E-state index is -0.194. The van der Waals surface area contributed by atoms with E-state index in [-0.39, 0.29) is 11.9 Å². The molecule has 0 spiro atoms. The fourth-order valence-corrected chi connectivity index (χ4v) is 2.85. The van der Waals surface area contributed by atoms with E-state index in [1.165, 1.54) is 32.0 Å². The van der Waals surface area contributed by atoms with Crippen LogP contribution in [-0.2, 0) is 0 Å². The van der Waals surface area contributed by atoms with E-state index in [2.05, 4.69) is 10.2 Å². The van der Waals surface area contributed by atoms with Gasteiger partial charge in [-0.2, -0.15) is 0 Å².